The molecule has 158 valence electrons. The van der Waals surface area contributed by atoms with E-state index in [9.17, 15) is 4.79 Å². The Morgan fingerprint density at radius 2 is 1.86 bits per heavy atom. The lowest BCUT2D eigenvalue weighted by molar-refractivity contribution is 0.0452. The molecule has 0 spiro atoms. The normalized spacial score (nSPS) is 12.4. The number of carbonyl (C=O) groups is 1. The quantitative estimate of drug-likeness (QED) is 0.444. The number of hydrogen-bond acceptors (Lipinski definition) is 4. The summed E-state index contributed by atoms with van der Waals surface area (Å²) in [5, 5.41) is 9.62. The monoisotopic (exact) mass is 391 g/mol. The number of guanidine groups is 1. The van der Waals surface area contributed by atoms with E-state index in [0.717, 1.165) is 44.0 Å². The van der Waals surface area contributed by atoms with E-state index in [1.54, 1.807) is 6.20 Å². The fourth-order valence-electron chi connectivity index (χ4n) is 2.64. The number of carbonyl (C=O) groups excluding carboxylic acids is 1. The van der Waals surface area contributed by atoms with Crippen molar-refractivity contribution in [2.45, 2.75) is 71.9 Å². The summed E-state index contributed by atoms with van der Waals surface area (Å²) in [5.74, 6) is 0.732. The van der Waals surface area contributed by atoms with Crippen LogP contribution in [0.4, 0.5) is 4.79 Å². The van der Waals surface area contributed by atoms with Gasteiger partial charge in [0.05, 0.1) is 12.1 Å². The van der Waals surface area contributed by atoms with Crippen molar-refractivity contribution in [3.05, 3.63) is 30.1 Å². The van der Waals surface area contributed by atoms with Crippen LogP contribution in [0.25, 0.3) is 0 Å². The molecule has 28 heavy (non-hydrogen) atoms. The highest BCUT2D eigenvalue weighted by Gasteiger charge is 2.30. The number of hydrogen-bond donors (Lipinski definition) is 3. The number of aromatic nitrogens is 1. The molecule has 0 saturated heterocycles. The molecule has 0 aliphatic rings. The standard InChI is InChI=1S/C21H37N5O2/c1-7-21(8-2,26-19(27)28-20(4,5)6)16-25-18(22-9-3)24-15-13-17-12-10-11-14-23-17/h10-12,14H,7-9,13,15-16H2,1-6H3,(H,26,27)(H2,22,24,25). The third-order valence-electron chi connectivity index (χ3n) is 4.40. The van der Waals surface area contributed by atoms with Crippen LogP contribution in [0.15, 0.2) is 29.4 Å². The minimum atomic E-state index is -0.525. The van der Waals surface area contributed by atoms with E-state index in [-0.39, 0.29) is 0 Å². The second-order valence-corrected chi connectivity index (χ2v) is 7.81. The Hall–Kier alpha value is -2.31. The van der Waals surface area contributed by atoms with Gasteiger partial charge in [-0.2, -0.15) is 0 Å². The Balaban J connectivity index is 2.71. The van der Waals surface area contributed by atoms with Crippen LogP contribution in [-0.4, -0.2) is 47.8 Å². The summed E-state index contributed by atoms with van der Waals surface area (Å²) in [4.78, 5) is 21.3. The van der Waals surface area contributed by atoms with Gasteiger partial charge in [-0.15, -0.1) is 0 Å². The molecule has 0 bridgehead atoms. The van der Waals surface area contributed by atoms with Gasteiger partial charge in [0.15, 0.2) is 5.96 Å². The summed E-state index contributed by atoms with van der Waals surface area (Å²) < 4.78 is 5.43. The van der Waals surface area contributed by atoms with Crippen molar-refractivity contribution >= 4 is 12.1 Å². The zero-order chi connectivity index (χ0) is 21.0. The summed E-state index contributed by atoms with van der Waals surface area (Å²) >= 11 is 0. The number of nitrogens with zero attached hydrogens (tertiary/aromatic N) is 2. The maximum atomic E-state index is 12.3. The number of rotatable bonds is 9. The van der Waals surface area contributed by atoms with Crippen LogP contribution < -0.4 is 16.0 Å². The highest BCUT2D eigenvalue weighted by atomic mass is 16.6. The van der Waals surface area contributed by atoms with Gasteiger partial charge in [0, 0.05) is 31.4 Å². The summed E-state index contributed by atoms with van der Waals surface area (Å²) in [6.45, 7) is 13.7. The average molecular weight is 392 g/mol. The second-order valence-electron chi connectivity index (χ2n) is 7.81. The Bertz CT molecular complexity index is 607. The molecule has 1 amide bonds. The Kier molecular flexibility index (Phi) is 9.76. The highest BCUT2D eigenvalue weighted by Crippen LogP contribution is 2.17. The van der Waals surface area contributed by atoms with Gasteiger partial charge in [0.25, 0.3) is 0 Å². The first kappa shape index (κ1) is 23.7. The highest BCUT2D eigenvalue weighted by molar-refractivity contribution is 5.79. The van der Waals surface area contributed by atoms with Gasteiger partial charge < -0.3 is 20.7 Å². The van der Waals surface area contributed by atoms with E-state index in [4.69, 9.17) is 9.73 Å². The van der Waals surface area contributed by atoms with Crippen LogP contribution >= 0.6 is 0 Å². The topological polar surface area (TPSA) is 87.6 Å². The predicted octanol–water partition coefficient (Wildman–Crippen LogP) is 3.26. The van der Waals surface area contributed by atoms with Crippen LogP contribution in [0.2, 0.25) is 0 Å². The van der Waals surface area contributed by atoms with E-state index in [0.29, 0.717) is 6.54 Å². The van der Waals surface area contributed by atoms with Gasteiger partial charge in [0.1, 0.15) is 5.60 Å². The van der Waals surface area contributed by atoms with Crippen molar-refractivity contribution in [3.63, 3.8) is 0 Å². The van der Waals surface area contributed by atoms with E-state index in [1.807, 2.05) is 45.9 Å². The zero-order valence-corrected chi connectivity index (χ0v) is 18.3. The largest absolute Gasteiger partial charge is 0.444 e. The average Bonchev–Trinajstić information content (AvgIpc) is 2.64. The second kappa shape index (κ2) is 11.5. The van der Waals surface area contributed by atoms with Crippen molar-refractivity contribution in [2.75, 3.05) is 19.6 Å². The van der Waals surface area contributed by atoms with E-state index in [2.05, 4.69) is 34.8 Å². The van der Waals surface area contributed by atoms with Crippen LogP contribution in [0, 0.1) is 0 Å². The van der Waals surface area contributed by atoms with Crippen molar-refractivity contribution in [1.82, 2.24) is 20.9 Å². The first-order chi connectivity index (χ1) is 13.2. The fraction of sp³-hybridized carbons (Fsp3) is 0.667. The van der Waals surface area contributed by atoms with Gasteiger partial charge in [0.2, 0.25) is 0 Å². The van der Waals surface area contributed by atoms with Gasteiger partial charge >= 0.3 is 6.09 Å². The Morgan fingerprint density at radius 1 is 1.14 bits per heavy atom. The molecule has 0 radical (unpaired) electrons. The maximum absolute atomic E-state index is 12.3. The smallest absolute Gasteiger partial charge is 0.408 e. The van der Waals surface area contributed by atoms with E-state index < -0.39 is 17.2 Å². The fourth-order valence-corrected chi connectivity index (χ4v) is 2.64. The van der Waals surface area contributed by atoms with Crippen LogP contribution in [0.3, 0.4) is 0 Å². The molecule has 1 rings (SSSR count). The SMILES string of the molecule is CCNC(=NCC(CC)(CC)NC(=O)OC(C)(C)C)NCCc1ccccn1. The third kappa shape index (κ3) is 9.06. The Morgan fingerprint density at radius 3 is 2.39 bits per heavy atom. The molecule has 1 aromatic heterocycles. The lowest BCUT2D eigenvalue weighted by atomic mass is 9.93. The van der Waals surface area contributed by atoms with Gasteiger partial charge in [-0.1, -0.05) is 19.9 Å². The molecule has 3 N–H and O–H groups in total. The van der Waals surface area contributed by atoms with Crippen LogP contribution in [0.5, 0.6) is 0 Å². The molecule has 0 unspecified atom stereocenters. The first-order valence-electron chi connectivity index (χ1n) is 10.2. The number of alkyl carbamates (subject to hydrolysis) is 1. The molecule has 0 saturated carbocycles. The predicted molar refractivity (Wildman–Crippen MR) is 115 cm³/mol. The summed E-state index contributed by atoms with van der Waals surface area (Å²) in [5.41, 5.74) is 0.0719. The van der Waals surface area contributed by atoms with Crippen molar-refractivity contribution < 1.29 is 9.53 Å². The van der Waals surface area contributed by atoms with Crippen LogP contribution in [-0.2, 0) is 11.2 Å². The van der Waals surface area contributed by atoms with E-state index >= 15 is 0 Å². The molecule has 0 fully saturated rings. The van der Waals surface area contributed by atoms with E-state index in [1.165, 1.54) is 0 Å². The van der Waals surface area contributed by atoms with Crippen molar-refractivity contribution in [3.8, 4) is 0 Å². The van der Waals surface area contributed by atoms with Gasteiger partial charge in [-0.25, -0.2) is 4.79 Å². The maximum Gasteiger partial charge on any atom is 0.408 e. The van der Waals surface area contributed by atoms with Crippen molar-refractivity contribution in [2.24, 2.45) is 4.99 Å². The summed E-state index contributed by atoms with van der Waals surface area (Å²) in [7, 11) is 0. The first-order valence-corrected chi connectivity index (χ1v) is 10.2. The minimum absolute atomic E-state index is 0.403. The van der Waals surface area contributed by atoms with Crippen molar-refractivity contribution in [1.29, 1.82) is 0 Å². The molecule has 0 aliphatic carbocycles. The summed E-state index contributed by atoms with van der Waals surface area (Å²) in [6, 6.07) is 5.91. The number of ether oxygens (including phenoxy) is 1. The molecule has 0 aliphatic heterocycles. The molecular formula is C21H37N5O2. The molecule has 7 nitrogen and oxygen atoms in total. The Labute approximate surface area is 169 Å². The lowest BCUT2D eigenvalue weighted by Gasteiger charge is -2.32. The minimum Gasteiger partial charge on any atom is -0.444 e. The molecule has 7 heteroatoms. The zero-order valence-electron chi connectivity index (χ0n) is 18.3. The number of pyridine rings is 1. The molecule has 1 aromatic rings. The third-order valence-corrected chi connectivity index (χ3v) is 4.40. The lowest BCUT2D eigenvalue weighted by Crippen LogP contribution is -2.52. The van der Waals surface area contributed by atoms with Gasteiger partial charge in [-0.05, 0) is 52.7 Å². The van der Waals surface area contributed by atoms with Crippen LogP contribution in [0.1, 0.15) is 60.1 Å². The summed E-state index contributed by atoms with van der Waals surface area (Å²) in [6.07, 6.45) is 3.74. The van der Waals surface area contributed by atoms with Gasteiger partial charge in [-0.3, -0.25) is 9.98 Å². The molecular weight excluding hydrogens is 354 g/mol. The molecule has 1 heterocycles. The molecule has 0 atom stereocenters. The number of amides is 1. The molecule has 0 aromatic carbocycles. The number of nitrogens with one attached hydrogen (secondary N) is 3. The number of aliphatic imine (C=N–C) groups is 1.